The minimum Gasteiger partial charge on any atom is -0.459 e. The number of halogens is 3. The molecule has 2 aliphatic heterocycles. The summed E-state index contributed by atoms with van der Waals surface area (Å²) in [5.41, 5.74) is 1.62. The number of aliphatic hydroxyl groups is 1. The zero-order valence-electron chi connectivity index (χ0n) is 18.8. The molecule has 1 fully saturated rings. The first-order valence-corrected chi connectivity index (χ1v) is 11.5. The molecule has 4 rings (SSSR count). The number of rotatable bonds is 6. The van der Waals surface area contributed by atoms with E-state index in [1.165, 1.54) is 12.1 Å². The molecule has 2 aromatic carbocycles. The summed E-state index contributed by atoms with van der Waals surface area (Å²) in [4.78, 5) is 14.9. The van der Waals surface area contributed by atoms with Crippen molar-refractivity contribution in [2.75, 3.05) is 13.1 Å². The summed E-state index contributed by atoms with van der Waals surface area (Å²) in [7, 11) is 0. The van der Waals surface area contributed by atoms with Gasteiger partial charge in [-0.05, 0) is 54.2 Å². The summed E-state index contributed by atoms with van der Waals surface area (Å²) in [6.07, 6.45) is -0.101. The van der Waals surface area contributed by atoms with Gasteiger partial charge in [-0.2, -0.15) is 13.2 Å². The quantitative estimate of drug-likeness (QED) is 0.629. The predicted octanol–water partition coefficient (Wildman–Crippen LogP) is 5.14. The van der Waals surface area contributed by atoms with Crippen molar-refractivity contribution in [1.82, 2.24) is 4.90 Å². The zero-order chi connectivity index (χ0) is 24.1. The number of piperidine rings is 1. The maximum Gasteiger partial charge on any atom is 0.416 e. The van der Waals surface area contributed by atoms with Crippen LogP contribution >= 0.6 is 0 Å². The Labute approximate surface area is 196 Å². The number of allylic oxidation sites excluding steroid dienone is 1. The summed E-state index contributed by atoms with van der Waals surface area (Å²) >= 11 is 0. The van der Waals surface area contributed by atoms with Crippen LogP contribution in [0.4, 0.5) is 13.2 Å². The molecule has 0 aromatic heterocycles. The molecule has 1 saturated heterocycles. The van der Waals surface area contributed by atoms with E-state index >= 15 is 0 Å². The maximum absolute atomic E-state index is 13.1. The van der Waals surface area contributed by atoms with Crippen LogP contribution in [0, 0.1) is 0 Å². The third-order valence-corrected chi connectivity index (χ3v) is 6.22. The lowest BCUT2D eigenvalue weighted by molar-refractivity contribution is -0.156. The van der Waals surface area contributed by atoms with E-state index in [2.05, 4.69) is 0 Å². The van der Waals surface area contributed by atoms with Crippen LogP contribution in [0.1, 0.15) is 53.9 Å². The standard InChI is InChI=1S/C26H28F3NO4/c27-26(28,29)22-10-8-20(9-11-22)21-14-23(25(32)30-12-2-1-3-13-30)34-24(15-21)33-17-19-6-4-18(16-31)5-7-19/h4-11,14,21,24,31H,1-3,12-13,15-17H2/t21-,24+/m1/s1. The fraction of sp³-hybridized carbons (Fsp3) is 0.423. The highest BCUT2D eigenvalue weighted by atomic mass is 19.4. The van der Waals surface area contributed by atoms with Crippen LogP contribution < -0.4 is 0 Å². The number of alkyl halides is 3. The monoisotopic (exact) mass is 475 g/mol. The minimum atomic E-state index is -4.41. The van der Waals surface area contributed by atoms with Crippen LogP contribution in [-0.4, -0.2) is 35.3 Å². The van der Waals surface area contributed by atoms with E-state index < -0.39 is 18.0 Å². The third kappa shape index (κ3) is 5.98. The summed E-state index contributed by atoms with van der Waals surface area (Å²) in [5.74, 6) is -0.350. The molecule has 5 nitrogen and oxygen atoms in total. The number of likely N-dealkylation sites (tertiary alicyclic amines) is 1. The molecule has 2 heterocycles. The van der Waals surface area contributed by atoms with E-state index in [1.807, 2.05) is 12.1 Å². The number of amides is 1. The summed E-state index contributed by atoms with van der Waals surface area (Å²) in [6, 6.07) is 12.3. The van der Waals surface area contributed by atoms with Crippen molar-refractivity contribution in [2.45, 2.75) is 57.3 Å². The second-order valence-electron chi connectivity index (χ2n) is 8.68. The maximum atomic E-state index is 13.1. The average Bonchev–Trinajstić information content (AvgIpc) is 2.87. The summed E-state index contributed by atoms with van der Waals surface area (Å²) < 4.78 is 50.9. The minimum absolute atomic E-state index is 0.0472. The number of benzene rings is 2. The van der Waals surface area contributed by atoms with E-state index in [4.69, 9.17) is 9.47 Å². The molecule has 0 aliphatic carbocycles. The molecule has 2 atom stereocenters. The second-order valence-corrected chi connectivity index (χ2v) is 8.68. The molecule has 0 unspecified atom stereocenters. The molecule has 2 aliphatic rings. The van der Waals surface area contributed by atoms with Gasteiger partial charge in [0.1, 0.15) is 0 Å². The predicted molar refractivity (Wildman–Crippen MR) is 119 cm³/mol. The van der Waals surface area contributed by atoms with Crippen molar-refractivity contribution in [3.8, 4) is 0 Å². The van der Waals surface area contributed by atoms with Crippen LogP contribution in [0.25, 0.3) is 0 Å². The van der Waals surface area contributed by atoms with E-state index in [0.717, 1.165) is 42.5 Å². The van der Waals surface area contributed by atoms with Gasteiger partial charge in [0.25, 0.3) is 5.91 Å². The molecule has 0 radical (unpaired) electrons. The van der Waals surface area contributed by atoms with Crippen LogP contribution in [-0.2, 0) is 33.7 Å². The number of nitrogens with zero attached hydrogens (tertiary/aromatic N) is 1. The smallest absolute Gasteiger partial charge is 0.416 e. The first-order chi connectivity index (χ1) is 16.3. The molecule has 34 heavy (non-hydrogen) atoms. The summed E-state index contributed by atoms with van der Waals surface area (Å²) in [5, 5.41) is 9.19. The normalized spacial score (nSPS) is 21.1. The highest BCUT2D eigenvalue weighted by Crippen LogP contribution is 2.35. The molecule has 8 heteroatoms. The largest absolute Gasteiger partial charge is 0.459 e. The SMILES string of the molecule is O=C(C1=C[C@@H](c2ccc(C(F)(F)F)cc2)C[C@@H](OCc2ccc(CO)cc2)O1)N1CCCCC1. The number of hydrogen-bond donors (Lipinski definition) is 1. The van der Waals surface area contributed by atoms with Crippen molar-refractivity contribution < 1.29 is 32.5 Å². The Bertz CT molecular complexity index is 996. The van der Waals surface area contributed by atoms with E-state index in [0.29, 0.717) is 25.1 Å². The number of carbonyl (C=O) groups is 1. The second kappa shape index (κ2) is 10.6. The van der Waals surface area contributed by atoms with E-state index in [9.17, 15) is 23.1 Å². The van der Waals surface area contributed by atoms with Gasteiger partial charge in [0, 0.05) is 25.4 Å². The van der Waals surface area contributed by atoms with Gasteiger partial charge in [0.15, 0.2) is 5.76 Å². The van der Waals surface area contributed by atoms with E-state index in [1.54, 1.807) is 23.1 Å². The Morgan fingerprint density at radius 3 is 2.26 bits per heavy atom. The van der Waals surface area contributed by atoms with Crippen LogP contribution in [0.15, 0.2) is 60.4 Å². The van der Waals surface area contributed by atoms with Crippen LogP contribution in [0.3, 0.4) is 0 Å². The van der Waals surface area contributed by atoms with Crippen molar-refractivity contribution in [3.63, 3.8) is 0 Å². The van der Waals surface area contributed by atoms with Gasteiger partial charge < -0.3 is 19.5 Å². The third-order valence-electron chi connectivity index (χ3n) is 6.22. The molecule has 1 N–H and O–H groups in total. The lowest BCUT2D eigenvalue weighted by atomic mass is 9.92. The molecule has 0 bridgehead atoms. The average molecular weight is 476 g/mol. The zero-order valence-corrected chi connectivity index (χ0v) is 18.8. The van der Waals surface area contributed by atoms with Gasteiger partial charge in [-0.1, -0.05) is 36.4 Å². The Morgan fingerprint density at radius 2 is 1.65 bits per heavy atom. The van der Waals surface area contributed by atoms with Gasteiger partial charge in [-0.3, -0.25) is 4.79 Å². The lowest BCUT2D eigenvalue weighted by Crippen LogP contribution is -2.39. The van der Waals surface area contributed by atoms with Gasteiger partial charge >= 0.3 is 6.18 Å². The number of hydrogen-bond acceptors (Lipinski definition) is 4. The Morgan fingerprint density at radius 1 is 1.00 bits per heavy atom. The fourth-order valence-corrected chi connectivity index (χ4v) is 4.25. The highest BCUT2D eigenvalue weighted by molar-refractivity contribution is 5.91. The van der Waals surface area contributed by atoms with Crippen molar-refractivity contribution in [3.05, 3.63) is 82.6 Å². The van der Waals surface area contributed by atoms with Gasteiger partial charge in [0.2, 0.25) is 6.29 Å². The molecule has 0 spiro atoms. The molecule has 2 aromatic rings. The highest BCUT2D eigenvalue weighted by Gasteiger charge is 2.33. The van der Waals surface area contributed by atoms with Gasteiger partial charge in [0.05, 0.1) is 18.8 Å². The van der Waals surface area contributed by atoms with Crippen molar-refractivity contribution >= 4 is 5.91 Å². The number of aliphatic hydroxyl groups excluding tert-OH is 1. The fourth-order valence-electron chi connectivity index (χ4n) is 4.25. The Hall–Kier alpha value is -2.84. The first-order valence-electron chi connectivity index (χ1n) is 11.5. The van der Waals surface area contributed by atoms with Gasteiger partial charge in [-0.15, -0.1) is 0 Å². The Kier molecular flexibility index (Phi) is 7.58. The van der Waals surface area contributed by atoms with Crippen molar-refractivity contribution in [2.24, 2.45) is 0 Å². The Balaban J connectivity index is 1.52. The lowest BCUT2D eigenvalue weighted by Gasteiger charge is -2.33. The molecule has 182 valence electrons. The number of carbonyl (C=O) groups excluding carboxylic acids is 1. The molecular formula is C26H28F3NO4. The topological polar surface area (TPSA) is 59.0 Å². The van der Waals surface area contributed by atoms with E-state index in [-0.39, 0.29) is 30.8 Å². The molecule has 1 amide bonds. The van der Waals surface area contributed by atoms with Crippen LogP contribution in [0.2, 0.25) is 0 Å². The first kappa shape index (κ1) is 24.3. The number of ether oxygens (including phenoxy) is 2. The van der Waals surface area contributed by atoms with Crippen LogP contribution in [0.5, 0.6) is 0 Å². The van der Waals surface area contributed by atoms with Gasteiger partial charge in [-0.25, -0.2) is 0 Å². The molecule has 0 saturated carbocycles. The summed E-state index contributed by atoms with van der Waals surface area (Å²) in [6.45, 7) is 1.51. The van der Waals surface area contributed by atoms with Crippen molar-refractivity contribution in [1.29, 1.82) is 0 Å². The molecular weight excluding hydrogens is 447 g/mol.